The minimum absolute atomic E-state index is 0.0930. The Morgan fingerprint density at radius 2 is 2.33 bits per heavy atom. The van der Waals surface area contributed by atoms with Crippen molar-refractivity contribution in [2.75, 3.05) is 7.05 Å². The van der Waals surface area contributed by atoms with Gasteiger partial charge in [0.1, 0.15) is 5.70 Å². The Labute approximate surface area is 105 Å². The predicted octanol–water partition coefficient (Wildman–Crippen LogP) is 2.20. The van der Waals surface area contributed by atoms with Crippen LogP contribution in [-0.2, 0) is 4.79 Å². The van der Waals surface area contributed by atoms with E-state index in [1.54, 1.807) is 24.5 Å². The van der Waals surface area contributed by atoms with E-state index in [2.05, 4.69) is 21.2 Å². The zero-order valence-corrected chi connectivity index (χ0v) is 11.0. The molecule has 15 heavy (non-hydrogen) atoms. The van der Waals surface area contributed by atoms with Crippen molar-refractivity contribution in [1.29, 1.82) is 0 Å². The van der Waals surface area contributed by atoms with E-state index >= 15 is 0 Å². The van der Waals surface area contributed by atoms with Crippen LogP contribution in [0.25, 0.3) is 6.08 Å². The van der Waals surface area contributed by atoms with Crippen LogP contribution in [0.5, 0.6) is 0 Å². The molecule has 0 aliphatic carbocycles. The molecule has 6 heteroatoms. The van der Waals surface area contributed by atoms with Gasteiger partial charge in [-0.05, 0) is 46.4 Å². The molecule has 0 unspecified atom stereocenters. The molecule has 3 nitrogen and oxygen atoms in total. The van der Waals surface area contributed by atoms with Crippen molar-refractivity contribution in [3.8, 4) is 0 Å². The molecule has 1 N–H and O–H groups in total. The van der Waals surface area contributed by atoms with E-state index in [4.69, 9.17) is 12.2 Å². The fraction of sp³-hybridized carbons (Fsp3) is 0.111. The summed E-state index contributed by atoms with van der Waals surface area (Å²) in [7, 11) is 1.66. The molecule has 0 aromatic carbocycles. The molecule has 78 valence electrons. The van der Waals surface area contributed by atoms with Crippen molar-refractivity contribution >= 4 is 56.6 Å². The molecule has 1 fully saturated rings. The van der Waals surface area contributed by atoms with Crippen LogP contribution in [0.3, 0.4) is 0 Å². The monoisotopic (exact) mass is 302 g/mol. The fourth-order valence-corrected chi connectivity index (χ4v) is 2.73. The van der Waals surface area contributed by atoms with Crippen molar-refractivity contribution in [3.63, 3.8) is 0 Å². The van der Waals surface area contributed by atoms with Crippen molar-refractivity contribution < 1.29 is 4.79 Å². The van der Waals surface area contributed by atoms with E-state index in [1.165, 1.54) is 4.90 Å². The molecule has 1 aliphatic heterocycles. The van der Waals surface area contributed by atoms with E-state index in [0.29, 0.717) is 10.8 Å². The summed E-state index contributed by atoms with van der Waals surface area (Å²) in [6.07, 6.45) is 1.80. The maximum Gasteiger partial charge on any atom is 0.276 e. The minimum atomic E-state index is -0.0930. The zero-order valence-electron chi connectivity index (χ0n) is 7.78. The standard InChI is InChI=1S/C9H7BrN2OS2/c1-12-8(13)6(11-9(12)14)4-5-2-3-7(10)15-5/h2-4H,1H3,(H,11,14)/b6-4-. The van der Waals surface area contributed by atoms with Gasteiger partial charge in [-0.15, -0.1) is 11.3 Å². The summed E-state index contributed by atoms with van der Waals surface area (Å²) in [6, 6.07) is 3.89. The first-order chi connectivity index (χ1) is 7.08. The molecular weight excluding hydrogens is 296 g/mol. The highest BCUT2D eigenvalue weighted by Gasteiger charge is 2.26. The first-order valence-electron chi connectivity index (χ1n) is 4.14. The van der Waals surface area contributed by atoms with Gasteiger partial charge in [0.2, 0.25) is 0 Å². The van der Waals surface area contributed by atoms with Crippen LogP contribution in [0.15, 0.2) is 21.6 Å². The highest BCUT2D eigenvalue weighted by atomic mass is 79.9. The number of nitrogens with one attached hydrogen (secondary N) is 1. The maximum atomic E-state index is 11.6. The van der Waals surface area contributed by atoms with E-state index in [-0.39, 0.29) is 5.91 Å². The zero-order chi connectivity index (χ0) is 11.0. The summed E-state index contributed by atoms with van der Waals surface area (Å²) in [5, 5.41) is 3.32. The summed E-state index contributed by atoms with van der Waals surface area (Å²) >= 11 is 9.90. The lowest BCUT2D eigenvalue weighted by atomic mass is 10.3. The average Bonchev–Trinajstić information content (AvgIpc) is 2.68. The number of carbonyl (C=O) groups excluding carboxylic acids is 1. The SMILES string of the molecule is CN1C(=O)/C(=C/c2ccc(Br)s2)NC1=S. The first kappa shape index (κ1) is 10.8. The van der Waals surface area contributed by atoms with Crippen LogP contribution >= 0.6 is 39.5 Å². The van der Waals surface area contributed by atoms with Crippen LogP contribution in [0.2, 0.25) is 0 Å². The van der Waals surface area contributed by atoms with Crippen LogP contribution in [0.1, 0.15) is 4.88 Å². The second-order valence-electron chi connectivity index (χ2n) is 2.99. The van der Waals surface area contributed by atoms with Gasteiger partial charge in [0.25, 0.3) is 5.91 Å². The number of hydrogen-bond acceptors (Lipinski definition) is 3. The fourth-order valence-electron chi connectivity index (χ4n) is 1.17. The van der Waals surface area contributed by atoms with Gasteiger partial charge in [-0.1, -0.05) is 0 Å². The average molecular weight is 303 g/mol. The van der Waals surface area contributed by atoms with E-state index in [1.807, 2.05) is 12.1 Å². The van der Waals surface area contributed by atoms with Gasteiger partial charge in [0.15, 0.2) is 5.11 Å². The molecule has 1 amide bonds. The van der Waals surface area contributed by atoms with Crippen LogP contribution in [-0.4, -0.2) is 23.0 Å². The number of halogens is 1. The molecule has 0 bridgehead atoms. The molecule has 2 heterocycles. The molecule has 0 radical (unpaired) electrons. The van der Waals surface area contributed by atoms with Crippen LogP contribution in [0.4, 0.5) is 0 Å². The Hall–Kier alpha value is -0.720. The number of rotatable bonds is 1. The topological polar surface area (TPSA) is 32.3 Å². The van der Waals surface area contributed by atoms with Crippen molar-refractivity contribution in [3.05, 3.63) is 26.5 Å². The van der Waals surface area contributed by atoms with Crippen LogP contribution in [0, 0.1) is 0 Å². The molecule has 1 saturated heterocycles. The summed E-state index contributed by atoms with van der Waals surface area (Å²) in [5.74, 6) is -0.0930. The molecule has 2 rings (SSSR count). The lowest BCUT2D eigenvalue weighted by Gasteiger charge is -2.02. The number of amides is 1. The normalized spacial score (nSPS) is 18.8. The Balaban J connectivity index is 2.29. The lowest BCUT2D eigenvalue weighted by molar-refractivity contribution is -0.121. The van der Waals surface area contributed by atoms with Gasteiger partial charge in [0, 0.05) is 11.9 Å². The van der Waals surface area contributed by atoms with Gasteiger partial charge >= 0.3 is 0 Å². The van der Waals surface area contributed by atoms with Crippen molar-refractivity contribution in [2.24, 2.45) is 0 Å². The van der Waals surface area contributed by atoms with Crippen molar-refractivity contribution in [2.45, 2.75) is 0 Å². The Morgan fingerprint density at radius 1 is 1.60 bits per heavy atom. The number of carbonyl (C=O) groups is 1. The molecule has 0 atom stereocenters. The first-order valence-corrected chi connectivity index (χ1v) is 6.16. The number of nitrogens with zero attached hydrogens (tertiary/aromatic N) is 1. The quantitative estimate of drug-likeness (QED) is 0.638. The Kier molecular flexibility index (Phi) is 2.90. The van der Waals surface area contributed by atoms with Gasteiger partial charge in [-0.3, -0.25) is 9.69 Å². The second-order valence-corrected chi connectivity index (χ2v) is 5.88. The third-order valence-corrected chi connectivity index (χ3v) is 3.91. The minimum Gasteiger partial charge on any atom is -0.328 e. The van der Waals surface area contributed by atoms with E-state index < -0.39 is 0 Å². The number of thiocarbonyl (C=S) groups is 1. The molecule has 1 aromatic rings. The van der Waals surface area contributed by atoms with Gasteiger partial charge in [-0.2, -0.15) is 0 Å². The summed E-state index contributed by atoms with van der Waals surface area (Å²) < 4.78 is 1.04. The summed E-state index contributed by atoms with van der Waals surface area (Å²) in [6.45, 7) is 0. The van der Waals surface area contributed by atoms with Gasteiger partial charge < -0.3 is 5.32 Å². The molecule has 1 aromatic heterocycles. The predicted molar refractivity (Wildman–Crippen MR) is 68.5 cm³/mol. The Morgan fingerprint density at radius 3 is 2.80 bits per heavy atom. The van der Waals surface area contributed by atoms with Crippen molar-refractivity contribution in [1.82, 2.24) is 10.2 Å². The smallest absolute Gasteiger partial charge is 0.276 e. The Bertz CT molecular complexity index is 466. The van der Waals surface area contributed by atoms with Gasteiger partial charge in [0.05, 0.1) is 3.79 Å². The molecule has 1 aliphatic rings. The van der Waals surface area contributed by atoms with E-state index in [0.717, 1.165) is 8.66 Å². The lowest BCUT2D eigenvalue weighted by Crippen LogP contribution is -2.25. The second kappa shape index (κ2) is 4.03. The van der Waals surface area contributed by atoms with Crippen LogP contribution < -0.4 is 5.32 Å². The number of thiophene rings is 1. The van der Waals surface area contributed by atoms with Gasteiger partial charge in [-0.25, -0.2) is 0 Å². The summed E-state index contributed by atoms with van der Waals surface area (Å²) in [4.78, 5) is 14.1. The molecule has 0 spiro atoms. The molecular formula is C9H7BrN2OS2. The molecule has 0 saturated carbocycles. The van der Waals surface area contributed by atoms with E-state index in [9.17, 15) is 4.79 Å². The third-order valence-electron chi connectivity index (χ3n) is 1.96. The highest BCUT2D eigenvalue weighted by molar-refractivity contribution is 9.11. The highest BCUT2D eigenvalue weighted by Crippen LogP contribution is 2.24. The summed E-state index contributed by atoms with van der Waals surface area (Å²) in [5.41, 5.74) is 0.525. The third kappa shape index (κ3) is 2.11. The maximum absolute atomic E-state index is 11.6. The number of likely N-dealkylation sites (N-methyl/N-ethyl adjacent to an activating group) is 1. The largest absolute Gasteiger partial charge is 0.328 e. The number of hydrogen-bond donors (Lipinski definition) is 1.